The number of carbonyl (C=O) groups excluding carboxylic acids is 1. The van der Waals surface area contributed by atoms with Crippen LogP contribution in [0.2, 0.25) is 0 Å². The van der Waals surface area contributed by atoms with E-state index < -0.39 is 18.6 Å². The minimum absolute atomic E-state index is 0.0942. The van der Waals surface area contributed by atoms with Crippen LogP contribution < -0.4 is 25.3 Å². The maximum absolute atomic E-state index is 12.6. The van der Waals surface area contributed by atoms with Crippen molar-refractivity contribution >= 4 is 5.91 Å². The molecule has 8 heteroatoms. The van der Waals surface area contributed by atoms with Gasteiger partial charge >= 0.3 is 6.61 Å². The molecule has 0 aliphatic carbocycles. The highest BCUT2D eigenvalue weighted by Gasteiger charge is 2.20. The predicted molar refractivity (Wildman–Crippen MR) is 91.4 cm³/mol. The molecule has 1 amide bonds. The van der Waals surface area contributed by atoms with Crippen molar-refractivity contribution in [3.8, 4) is 17.2 Å². The van der Waals surface area contributed by atoms with Gasteiger partial charge in [0.05, 0.1) is 14.2 Å². The molecule has 0 radical (unpaired) electrons. The van der Waals surface area contributed by atoms with Crippen LogP contribution >= 0.6 is 0 Å². The molecule has 1 atom stereocenters. The molecular weight excluding hydrogens is 346 g/mol. The lowest BCUT2D eigenvalue weighted by Crippen LogP contribution is -2.33. The van der Waals surface area contributed by atoms with Crippen LogP contribution in [-0.2, 0) is 11.3 Å². The van der Waals surface area contributed by atoms with Crippen molar-refractivity contribution in [3.63, 3.8) is 0 Å². The van der Waals surface area contributed by atoms with Gasteiger partial charge < -0.3 is 19.9 Å². The summed E-state index contributed by atoms with van der Waals surface area (Å²) >= 11 is 0. The third-order valence-corrected chi connectivity index (χ3v) is 3.66. The Labute approximate surface area is 149 Å². The molecule has 0 bridgehead atoms. The fourth-order valence-electron chi connectivity index (χ4n) is 2.49. The van der Waals surface area contributed by atoms with Crippen LogP contribution in [0.5, 0.6) is 17.2 Å². The number of nitrogens with one attached hydrogen (secondary N) is 1. The molecule has 0 aliphatic heterocycles. The van der Waals surface area contributed by atoms with Gasteiger partial charge in [0.15, 0.2) is 11.5 Å². The van der Waals surface area contributed by atoms with E-state index in [-0.39, 0.29) is 23.8 Å². The number of amides is 1. The summed E-state index contributed by atoms with van der Waals surface area (Å²) in [4.78, 5) is 11.7. The van der Waals surface area contributed by atoms with Crippen molar-refractivity contribution in [1.29, 1.82) is 0 Å². The number of methoxy groups -OCH3 is 2. The number of carbonyl (C=O) groups is 1. The van der Waals surface area contributed by atoms with E-state index in [1.165, 1.54) is 26.4 Å². The second-order valence-electron chi connectivity index (χ2n) is 5.33. The summed E-state index contributed by atoms with van der Waals surface area (Å²) in [5.74, 6) is -0.537. The van der Waals surface area contributed by atoms with Gasteiger partial charge in [-0.2, -0.15) is 8.78 Å². The molecule has 0 spiro atoms. The number of hydrogen-bond donors (Lipinski definition) is 2. The van der Waals surface area contributed by atoms with Crippen molar-refractivity contribution < 1.29 is 27.8 Å². The highest BCUT2D eigenvalue weighted by Crippen LogP contribution is 2.39. The monoisotopic (exact) mass is 366 g/mol. The van der Waals surface area contributed by atoms with Crippen LogP contribution in [-0.4, -0.2) is 26.7 Å². The lowest BCUT2D eigenvalue weighted by atomic mass is 10.1. The SMILES string of the molecule is COc1cc(CN[C@H](C(N)=O)c2ccccc2)cc(OC)c1OC(F)F. The summed E-state index contributed by atoms with van der Waals surface area (Å²) in [6.45, 7) is -2.79. The Balaban J connectivity index is 2.24. The minimum atomic E-state index is -3.01. The maximum Gasteiger partial charge on any atom is 0.387 e. The number of hydrogen-bond acceptors (Lipinski definition) is 5. The second-order valence-corrected chi connectivity index (χ2v) is 5.33. The van der Waals surface area contributed by atoms with Gasteiger partial charge in [-0.15, -0.1) is 0 Å². The third kappa shape index (κ3) is 4.82. The molecule has 0 unspecified atom stereocenters. The van der Waals surface area contributed by atoms with Gasteiger partial charge in [-0.3, -0.25) is 10.1 Å². The highest BCUT2D eigenvalue weighted by atomic mass is 19.3. The van der Waals surface area contributed by atoms with Crippen LogP contribution in [0.25, 0.3) is 0 Å². The number of rotatable bonds is 9. The van der Waals surface area contributed by atoms with Crippen molar-refractivity contribution in [3.05, 3.63) is 53.6 Å². The van der Waals surface area contributed by atoms with E-state index in [9.17, 15) is 13.6 Å². The lowest BCUT2D eigenvalue weighted by Gasteiger charge is -2.18. The molecule has 26 heavy (non-hydrogen) atoms. The first kappa shape index (κ1) is 19.5. The fourth-order valence-corrected chi connectivity index (χ4v) is 2.49. The zero-order valence-electron chi connectivity index (χ0n) is 14.4. The molecule has 0 aliphatic rings. The number of ether oxygens (including phenoxy) is 3. The Morgan fingerprint density at radius 2 is 1.69 bits per heavy atom. The first-order valence-electron chi connectivity index (χ1n) is 7.73. The van der Waals surface area contributed by atoms with Crippen LogP contribution in [0.4, 0.5) is 8.78 Å². The number of alkyl halides is 2. The lowest BCUT2D eigenvalue weighted by molar-refractivity contribution is -0.120. The molecule has 0 saturated heterocycles. The van der Waals surface area contributed by atoms with Crippen LogP contribution in [0, 0.1) is 0 Å². The van der Waals surface area contributed by atoms with Crippen LogP contribution in [0.15, 0.2) is 42.5 Å². The largest absolute Gasteiger partial charge is 0.493 e. The maximum atomic E-state index is 12.6. The standard InChI is InChI=1S/C18H20F2N2O4/c1-24-13-8-11(9-14(25-2)16(13)26-18(19)20)10-22-15(17(21)23)12-6-4-3-5-7-12/h3-9,15,18,22H,10H2,1-2H3,(H2,21,23)/t15-/m0/s1. The van der Waals surface area contributed by atoms with Crippen molar-refractivity contribution in [2.75, 3.05) is 14.2 Å². The predicted octanol–water partition coefficient (Wildman–Crippen LogP) is 2.62. The molecule has 2 rings (SSSR count). The molecule has 140 valence electrons. The highest BCUT2D eigenvalue weighted by molar-refractivity contribution is 5.81. The first-order valence-corrected chi connectivity index (χ1v) is 7.73. The Hall–Kier alpha value is -2.87. The molecule has 2 aromatic carbocycles. The quantitative estimate of drug-likeness (QED) is 0.713. The van der Waals surface area contributed by atoms with Gasteiger partial charge in [0.1, 0.15) is 6.04 Å². The second kappa shape index (κ2) is 9.00. The van der Waals surface area contributed by atoms with Gasteiger partial charge in [-0.1, -0.05) is 30.3 Å². The topological polar surface area (TPSA) is 82.8 Å². The van der Waals surface area contributed by atoms with E-state index in [4.69, 9.17) is 15.2 Å². The molecule has 6 nitrogen and oxygen atoms in total. The zero-order valence-corrected chi connectivity index (χ0v) is 14.4. The van der Waals surface area contributed by atoms with Crippen molar-refractivity contribution in [1.82, 2.24) is 5.32 Å². The smallest absolute Gasteiger partial charge is 0.387 e. The van der Waals surface area contributed by atoms with Gasteiger partial charge in [-0.05, 0) is 23.3 Å². The van der Waals surface area contributed by atoms with E-state index in [1.54, 1.807) is 24.3 Å². The Kier molecular flexibility index (Phi) is 6.74. The summed E-state index contributed by atoms with van der Waals surface area (Å²) in [6, 6.07) is 11.3. The van der Waals surface area contributed by atoms with Gasteiger partial charge in [-0.25, -0.2) is 0 Å². The molecule has 3 N–H and O–H groups in total. The zero-order chi connectivity index (χ0) is 19.1. The third-order valence-electron chi connectivity index (χ3n) is 3.66. The van der Waals surface area contributed by atoms with Gasteiger partial charge in [0, 0.05) is 6.54 Å². The summed E-state index contributed by atoms with van der Waals surface area (Å²) in [6.07, 6.45) is 0. The van der Waals surface area contributed by atoms with Crippen LogP contribution in [0.3, 0.4) is 0 Å². The normalized spacial score (nSPS) is 11.9. The van der Waals surface area contributed by atoms with E-state index >= 15 is 0 Å². The molecule has 2 aromatic rings. The molecule has 0 aromatic heterocycles. The van der Waals surface area contributed by atoms with E-state index in [0.29, 0.717) is 5.56 Å². The fraction of sp³-hybridized carbons (Fsp3) is 0.278. The Morgan fingerprint density at radius 1 is 1.12 bits per heavy atom. The number of nitrogens with two attached hydrogens (primary N) is 1. The number of halogens is 2. The average Bonchev–Trinajstić information content (AvgIpc) is 2.62. The molecule has 0 heterocycles. The van der Waals surface area contributed by atoms with Crippen LogP contribution in [0.1, 0.15) is 17.2 Å². The summed E-state index contributed by atoms with van der Waals surface area (Å²) in [7, 11) is 2.67. The van der Waals surface area contributed by atoms with E-state index in [1.807, 2.05) is 6.07 Å². The van der Waals surface area contributed by atoms with Crippen molar-refractivity contribution in [2.45, 2.75) is 19.2 Å². The van der Waals surface area contributed by atoms with Gasteiger partial charge in [0.25, 0.3) is 0 Å². The van der Waals surface area contributed by atoms with E-state index in [2.05, 4.69) is 10.1 Å². The molecule has 0 fully saturated rings. The average molecular weight is 366 g/mol. The Morgan fingerprint density at radius 3 is 2.15 bits per heavy atom. The number of primary amides is 1. The van der Waals surface area contributed by atoms with E-state index in [0.717, 1.165) is 5.56 Å². The summed E-state index contributed by atoms with van der Waals surface area (Å²) < 4.78 is 39.9. The summed E-state index contributed by atoms with van der Waals surface area (Å²) in [5.41, 5.74) is 6.83. The molecular formula is C18H20F2N2O4. The minimum Gasteiger partial charge on any atom is -0.493 e. The molecule has 0 saturated carbocycles. The number of benzene rings is 2. The summed E-state index contributed by atoms with van der Waals surface area (Å²) in [5, 5.41) is 3.04. The first-order chi connectivity index (χ1) is 12.5. The Bertz CT molecular complexity index is 716. The van der Waals surface area contributed by atoms with Crippen molar-refractivity contribution in [2.24, 2.45) is 5.73 Å². The van der Waals surface area contributed by atoms with Gasteiger partial charge in [0.2, 0.25) is 11.7 Å².